The Hall–Kier alpha value is -8.65. The summed E-state index contributed by atoms with van der Waals surface area (Å²) < 4.78 is 60.2. The lowest BCUT2D eigenvalue weighted by Gasteiger charge is -2.13. The highest BCUT2D eigenvalue weighted by Crippen LogP contribution is 2.40. The summed E-state index contributed by atoms with van der Waals surface area (Å²) in [6.45, 7) is 0.979. The molecule has 6 heterocycles. The van der Waals surface area contributed by atoms with Crippen LogP contribution in [0.4, 0.5) is 13.2 Å². The summed E-state index contributed by atoms with van der Waals surface area (Å²) in [5, 5.41) is 22.1. The second-order valence-electron chi connectivity index (χ2n) is 15.7. The van der Waals surface area contributed by atoms with Crippen LogP contribution in [0.15, 0.2) is 170 Å². The first kappa shape index (κ1) is 38.1. The molecule has 0 aliphatic heterocycles. The minimum absolute atomic E-state index is 0.0278. The fourth-order valence-corrected chi connectivity index (χ4v) is 8.73. The number of halogens is 3. The number of rotatable bonds is 8. The molecule has 6 aromatic carbocycles. The second-order valence-corrected chi connectivity index (χ2v) is 15.7. The van der Waals surface area contributed by atoms with Crippen molar-refractivity contribution in [1.82, 2.24) is 44.1 Å². The smallest absolute Gasteiger partial charge is 0.398 e. The van der Waals surface area contributed by atoms with Gasteiger partial charge in [-0.2, -0.15) is 13.2 Å². The Kier molecular flexibility index (Phi) is 8.63. The Morgan fingerprint density at radius 2 is 0.785 bits per heavy atom. The molecule has 12 rings (SSSR count). The highest BCUT2D eigenvalue weighted by Gasteiger charge is 2.40. The van der Waals surface area contributed by atoms with Crippen molar-refractivity contribution in [3.8, 4) is 40.6 Å². The number of pyridine rings is 2. The van der Waals surface area contributed by atoms with E-state index in [-0.39, 0.29) is 5.95 Å². The van der Waals surface area contributed by atoms with Gasteiger partial charge in [-0.25, -0.2) is 9.97 Å². The maximum absolute atomic E-state index is 13.7. The number of para-hydroxylation sites is 2. The number of benzene rings is 6. The third-order valence-electron chi connectivity index (χ3n) is 11.8. The van der Waals surface area contributed by atoms with Crippen molar-refractivity contribution in [1.29, 1.82) is 0 Å². The molecule has 0 aliphatic rings. The molecule has 0 saturated heterocycles. The number of hydrogen-bond donors (Lipinski definition) is 0. The van der Waals surface area contributed by atoms with E-state index in [9.17, 15) is 13.2 Å². The predicted molar refractivity (Wildman–Crippen MR) is 244 cm³/mol. The van der Waals surface area contributed by atoms with Gasteiger partial charge in [0.15, 0.2) is 5.82 Å². The third-order valence-corrected chi connectivity index (χ3v) is 11.8. The fourth-order valence-electron chi connectivity index (χ4n) is 8.73. The van der Waals surface area contributed by atoms with Gasteiger partial charge >= 0.3 is 6.18 Å². The van der Waals surface area contributed by atoms with E-state index in [4.69, 9.17) is 9.47 Å². The summed E-state index contributed by atoms with van der Waals surface area (Å²) in [7, 11) is 0. The van der Waals surface area contributed by atoms with E-state index in [0.29, 0.717) is 34.0 Å². The number of alkyl halides is 3. The fraction of sp³-hybridized carbons (Fsp3) is 0.0588. The van der Waals surface area contributed by atoms with Crippen molar-refractivity contribution in [2.75, 3.05) is 0 Å². The summed E-state index contributed by atoms with van der Waals surface area (Å²) >= 11 is 0. The van der Waals surface area contributed by atoms with Crippen LogP contribution in [0.5, 0.6) is 23.0 Å². The van der Waals surface area contributed by atoms with Gasteiger partial charge in [0.2, 0.25) is 0 Å². The number of aromatic nitrogens is 9. The van der Waals surface area contributed by atoms with Crippen LogP contribution in [-0.4, -0.2) is 50.2 Å². The molecule has 0 bridgehead atoms. The molecule has 11 nitrogen and oxygen atoms in total. The van der Waals surface area contributed by atoms with Crippen LogP contribution in [0.2, 0.25) is 0 Å². The lowest BCUT2D eigenvalue weighted by Crippen LogP contribution is -2.21. The first-order chi connectivity index (χ1) is 31.8. The summed E-state index contributed by atoms with van der Waals surface area (Å²) in [4.78, 5) is 9.30. The molecule has 0 fully saturated rings. The molecule has 1 atom stereocenters. The highest BCUT2D eigenvalue weighted by molar-refractivity contribution is 6.11. The van der Waals surface area contributed by atoms with Gasteiger partial charge in [0.1, 0.15) is 40.6 Å². The molecule has 0 spiro atoms. The largest absolute Gasteiger partial charge is 0.457 e. The van der Waals surface area contributed by atoms with Crippen LogP contribution in [0.1, 0.15) is 18.7 Å². The predicted octanol–water partition coefficient (Wildman–Crippen LogP) is 12.6. The minimum Gasteiger partial charge on any atom is -0.457 e. The Labute approximate surface area is 366 Å². The maximum Gasteiger partial charge on any atom is 0.398 e. The van der Waals surface area contributed by atoms with Crippen molar-refractivity contribution >= 4 is 65.4 Å². The van der Waals surface area contributed by atoms with Gasteiger partial charge in [0.05, 0.1) is 33.1 Å². The van der Waals surface area contributed by atoms with Crippen LogP contribution in [-0.2, 0) is 0 Å². The Balaban J connectivity index is 0.972. The normalized spacial score (nSPS) is 12.6. The van der Waals surface area contributed by atoms with Crippen LogP contribution in [0.3, 0.4) is 0 Å². The Bertz CT molecular complexity index is 3580. The summed E-state index contributed by atoms with van der Waals surface area (Å²) in [5.74, 6) is 1.19. The van der Waals surface area contributed by atoms with E-state index in [1.54, 1.807) is 17.0 Å². The van der Waals surface area contributed by atoms with Crippen LogP contribution < -0.4 is 9.47 Å². The lowest BCUT2D eigenvalue weighted by atomic mass is 10.1. The van der Waals surface area contributed by atoms with E-state index in [1.807, 2.05) is 133 Å². The average Bonchev–Trinajstić information content (AvgIpc) is 3.96. The van der Waals surface area contributed by atoms with E-state index < -0.39 is 17.9 Å². The molecule has 0 amide bonds. The van der Waals surface area contributed by atoms with E-state index >= 15 is 0 Å². The highest BCUT2D eigenvalue weighted by atomic mass is 19.4. The monoisotopic (exact) mass is 859 g/mol. The van der Waals surface area contributed by atoms with Gasteiger partial charge in [-0.1, -0.05) is 48.5 Å². The zero-order chi connectivity index (χ0) is 43.8. The molecular formula is C51H32F3N9O2. The van der Waals surface area contributed by atoms with Crippen molar-refractivity contribution in [3.63, 3.8) is 0 Å². The molecule has 12 aromatic rings. The van der Waals surface area contributed by atoms with Gasteiger partial charge < -0.3 is 9.47 Å². The van der Waals surface area contributed by atoms with Gasteiger partial charge in [-0.3, -0.25) is 13.7 Å². The van der Waals surface area contributed by atoms with Gasteiger partial charge in [-0.15, -0.1) is 20.4 Å². The molecule has 14 heteroatoms. The average molecular weight is 860 g/mol. The zero-order valence-electron chi connectivity index (χ0n) is 34.2. The number of ether oxygens (including phenoxy) is 2. The topological polar surface area (TPSA) is 111 Å². The molecule has 314 valence electrons. The summed E-state index contributed by atoms with van der Waals surface area (Å²) in [6.07, 6.45) is -1.04. The first-order valence-corrected chi connectivity index (χ1v) is 20.7. The summed E-state index contributed by atoms with van der Waals surface area (Å²) in [6, 6.07) is 51.1. The third kappa shape index (κ3) is 6.36. The van der Waals surface area contributed by atoms with Crippen molar-refractivity contribution in [3.05, 3.63) is 176 Å². The van der Waals surface area contributed by atoms with Gasteiger partial charge in [0, 0.05) is 69.0 Å². The first-order valence-electron chi connectivity index (χ1n) is 20.7. The molecule has 1 unspecified atom stereocenters. The molecule has 0 radical (unpaired) electrons. The van der Waals surface area contributed by atoms with Crippen molar-refractivity contribution in [2.45, 2.75) is 19.0 Å². The number of hydrogen-bond acceptors (Lipinski definition) is 8. The van der Waals surface area contributed by atoms with Gasteiger partial charge in [-0.05, 0) is 91.9 Å². The Morgan fingerprint density at radius 3 is 1.17 bits per heavy atom. The van der Waals surface area contributed by atoms with E-state index in [1.165, 1.54) is 0 Å². The molecule has 0 saturated carbocycles. The van der Waals surface area contributed by atoms with Gasteiger partial charge in [0.25, 0.3) is 5.95 Å². The summed E-state index contributed by atoms with van der Waals surface area (Å²) in [5.41, 5.74) is 5.08. The molecular weight excluding hydrogens is 828 g/mol. The second kappa shape index (κ2) is 14.7. The van der Waals surface area contributed by atoms with Crippen LogP contribution in [0, 0.1) is 0 Å². The van der Waals surface area contributed by atoms with Crippen molar-refractivity contribution < 1.29 is 22.6 Å². The standard InChI is InChI=1S/C51H32F3N9O2/c1-30(51(52,53)54)49-57-59-50(60-58-49)63-45-28-33(64-31-16-20-37-35-10-2-4-12-41(35)61(43(37)26-31)47-14-6-8-24-55-47)18-22-39(45)40-23-19-34(29-46(40)63)65-32-17-21-38-36-11-3-5-13-42(36)62(44(38)27-32)48-15-7-9-25-56-48/h2-30H,1H3. The molecule has 0 N–H and O–H groups in total. The lowest BCUT2D eigenvalue weighted by molar-refractivity contribution is -0.148. The minimum atomic E-state index is -4.57. The maximum atomic E-state index is 13.7. The molecule has 65 heavy (non-hydrogen) atoms. The quantitative estimate of drug-likeness (QED) is 0.149. The molecule has 6 aromatic heterocycles. The molecule has 0 aliphatic carbocycles. The van der Waals surface area contributed by atoms with E-state index in [2.05, 4.69) is 63.8 Å². The van der Waals surface area contributed by atoms with E-state index in [0.717, 1.165) is 72.9 Å². The number of fused-ring (bicyclic) bond motifs is 9. The SMILES string of the molecule is CC(c1nnc(-n2c3cc(Oc4ccc5c6ccccc6n(-c6ccccn6)c5c4)ccc3c3ccc(Oc4ccc5c6ccccc6n(-c6ccccn6)c5c4)cc32)nn1)C(F)(F)F. The number of nitrogens with zero attached hydrogens (tertiary/aromatic N) is 9. The van der Waals surface area contributed by atoms with Crippen LogP contribution >= 0.6 is 0 Å². The van der Waals surface area contributed by atoms with Crippen molar-refractivity contribution in [2.24, 2.45) is 0 Å². The Morgan fingerprint density at radius 1 is 0.415 bits per heavy atom. The van der Waals surface area contributed by atoms with Crippen LogP contribution in [0.25, 0.3) is 83.0 Å². The zero-order valence-corrected chi connectivity index (χ0v) is 34.2.